The fraction of sp³-hybridized carbons (Fsp3) is 0.588. The van der Waals surface area contributed by atoms with Crippen LogP contribution in [0.2, 0.25) is 0 Å². The molecule has 1 unspecified atom stereocenters. The van der Waals surface area contributed by atoms with Crippen LogP contribution in [0, 0.1) is 5.92 Å². The van der Waals surface area contributed by atoms with Gasteiger partial charge in [0.2, 0.25) is 0 Å². The van der Waals surface area contributed by atoms with E-state index in [4.69, 9.17) is 5.11 Å². The van der Waals surface area contributed by atoms with Crippen molar-refractivity contribution in [2.75, 3.05) is 19.7 Å². The smallest absolute Gasteiger partial charge is 0.254 e. The number of carbonyl (C=O) groups is 1. The summed E-state index contributed by atoms with van der Waals surface area (Å²) in [7, 11) is 0. The summed E-state index contributed by atoms with van der Waals surface area (Å²) in [5.74, 6) is 0.585. The lowest BCUT2D eigenvalue weighted by Gasteiger charge is -2.25. The number of aliphatic hydroxyl groups is 1. The molecule has 20 heavy (non-hydrogen) atoms. The van der Waals surface area contributed by atoms with Crippen molar-refractivity contribution in [3.8, 4) is 0 Å². The third-order valence-corrected chi connectivity index (χ3v) is 4.08. The first-order valence-electron chi connectivity index (χ1n) is 7.43. The highest BCUT2D eigenvalue weighted by Crippen LogP contribution is 2.28. The van der Waals surface area contributed by atoms with E-state index in [1.807, 2.05) is 23.1 Å². The zero-order chi connectivity index (χ0) is 14.8. The van der Waals surface area contributed by atoms with Crippen LogP contribution >= 0.6 is 0 Å². The van der Waals surface area contributed by atoms with Gasteiger partial charge in [0.05, 0.1) is 0 Å². The molecule has 1 aromatic rings. The summed E-state index contributed by atoms with van der Waals surface area (Å²) in [4.78, 5) is 14.7. The molecule has 1 aromatic carbocycles. The fourth-order valence-corrected chi connectivity index (χ4v) is 2.93. The molecule has 0 saturated carbocycles. The van der Waals surface area contributed by atoms with E-state index in [1.165, 1.54) is 0 Å². The Bertz CT molecular complexity index is 476. The Morgan fingerprint density at radius 3 is 2.70 bits per heavy atom. The average molecular weight is 275 g/mol. The molecule has 1 aliphatic heterocycles. The minimum Gasteiger partial charge on any atom is -0.396 e. The van der Waals surface area contributed by atoms with Crippen LogP contribution in [0.3, 0.4) is 0 Å². The van der Waals surface area contributed by atoms with Gasteiger partial charge in [0.15, 0.2) is 0 Å². The van der Waals surface area contributed by atoms with Gasteiger partial charge in [0.25, 0.3) is 5.91 Å². The van der Waals surface area contributed by atoms with E-state index < -0.39 is 0 Å². The zero-order valence-corrected chi connectivity index (χ0v) is 12.7. The summed E-state index contributed by atoms with van der Waals surface area (Å²) in [6.07, 6.45) is 1.80. The van der Waals surface area contributed by atoms with Gasteiger partial charge in [-0.05, 0) is 35.8 Å². The molecule has 0 aromatic heterocycles. The molecule has 110 valence electrons. The van der Waals surface area contributed by atoms with Crippen molar-refractivity contribution < 1.29 is 9.90 Å². The molecule has 0 radical (unpaired) electrons. The van der Waals surface area contributed by atoms with E-state index in [9.17, 15) is 4.79 Å². The van der Waals surface area contributed by atoms with Crippen LogP contribution in [0.25, 0.3) is 0 Å². The number of nitrogens with zero attached hydrogens (tertiary/aromatic N) is 1. The van der Waals surface area contributed by atoms with Crippen molar-refractivity contribution in [1.82, 2.24) is 4.90 Å². The highest BCUT2D eigenvalue weighted by Gasteiger charge is 2.29. The van der Waals surface area contributed by atoms with Crippen LogP contribution in [-0.2, 0) is 5.41 Å². The Morgan fingerprint density at radius 2 is 2.05 bits per heavy atom. The quantitative estimate of drug-likeness (QED) is 0.921. The van der Waals surface area contributed by atoms with Crippen LogP contribution in [0.5, 0.6) is 0 Å². The second-order valence-corrected chi connectivity index (χ2v) is 6.71. The number of rotatable bonds is 3. The number of benzene rings is 1. The second kappa shape index (κ2) is 5.96. The van der Waals surface area contributed by atoms with Gasteiger partial charge in [0.1, 0.15) is 0 Å². The summed E-state index contributed by atoms with van der Waals surface area (Å²) in [5, 5.41) is 9.02. The van der Waals surface area contributed by atoms with E-state index >= 15 is 0 Å². The van der Waals surface area contributed by atoms with Gasteiger partial charge >= 0.3 is 0 Å². The van der Waals surface area contributed by atoms with Crippen LogP contribution in [0.1, 0.15) is 49.5 Å². The van der Waals surface area contributed by atoms with E-state index in [2.05, 4.69) is 26.8 Å². The van der Waals surface area contributed by atoms with Crippen LogP contribution in [-0.4, -0.2) is 35.6 Å². The Balaban J connectivity index is 2.19. The molecule has 1 saturated heterocycles. The van der Waals surface area contributed by atoms with Crippen molar-refractivity contribution in [2.45, 2.75) is 39.0 Å². The van der Waals surface area contributed by atoms with Gasteiger partial charge in [0, 0.05) is 25.3 Å². The molecule has 3 heteroatoms. The minimum absolute atomic E-state index is 0.0313. The molecule has 3 nitrogen and oxygen atoms in total. The number of carbonyl (C=O) groups excluding carboxylic acids is 1. The molecule has 1 fully saturated rings. The third kappa shape index (κ3) is 3.21. The van der Waals surface area contributed by atoms with Gasteiger partial charge < -0.3 is 10.0 Å². The first-order valence-corrected chi connectivity index (χ1v) is 7.43. The fourth-order valence-electron chi connectivity index (χ4n) is 2.93. The van der Waals surface area contributed by atoms with Gasteiger partial charge in [-0.3, -0.25) is 4.79 Å². The monoisotopic (exact) mass is 275 g/mol. The first-order chi connectivity index (χ1) is 9.43. The predicted molar refractivity (Wildman–Crippen MR) is 80.9 cm³/mol. The lowest BCUT2D eigenvalue weighted by atomic mass is 9.83. The Morgan fingerprint density at radius 1 is 1.35 bits per heavy atom. The molecule has 1 atom stereocenters. The molecule has 2 rings (SSSR count). The number of amides is 1. The maximum atomic E-state index is 12.7. The van der Waals surface area contributed by atoms with Gasteiger partial charge in [-0.1, -0.05) is 39.0 Å². The molecule has 1 amide bonds. The SMILES string of the molecule is CC(C)(C)c1ccccc1C(=O)N1CCC(CCO)C1. The lowest BCUT2D eigenvalue weighted by molar-refractivity contribution is 0.0782. The van der Waals surface area contributed by atoms with E-state index in [-0.39, 0.29) is 17.9 Å². The number of hydrogen-bond donors (Lipinski definition) is 1. The molecule has 1 heterocycles. The summed E-state index contributed by atoms with van der Waals surface area (Å²) < 4.78 is 0. The minimum atomic E-state index is -0.0313. The van der Waals surface area contributed by atoms with Crippen molar-refractivity contribution in [3.63, 3.8) is 0 Å². The summed E-state index contributed by atoms with van der Waals surface area (Å²) in [6.45, 7) is 8.21. The Hall–Kier alpha value is -1.35. The normalized spacial score (nSPS) is 19.4. The molecule has 0 aliphatic carbocycles. The Labute approximate surface area is 121 Å². The summed E-state index contributed by atoms with van der Waals surface area (Å²) >= 11 is 0. The molecular weight excluding hydrogens is 250 g/mol. The zero-order valence-electron chi connectivity index (χ0n) is 12.7. The second-order valence-electron chi connectivity index (χ2n) is 6.71. The predicted octanol–water partition coefficient (Wildman–Crippen LogP) is 2.83. The van der Waals surface area contributed by atoms with Crippen molar-refractivity contribution in [2.24, 2.45) is 5.92 Å². The van der Waals surface area contributed by atoms with Crippen molar-refractivity contribution in [1.29, 1.82) is 0 Å². The van der Waals surface area contributed by atoms with Gasteiger partial charge in [-0.15, -0.1) is 0 Å². The summed E-state index contributed by atoms with van der Waals surface area (Å²) in [5.41, 5.74) is 1.90. The molecule has 1 N–H and O–H groups in total. The topological polar surface area (TPSA) is 40.5 Å². The van der Waals surface area contributed by atoms with Gasteiger partial charge in [-0.2, -0.15) is 0 Å². The van der Waals surface area contributed by atoms with Gasteiger partial charge in [-0.25, -0.2) is 0 Å². The average Bonchev–Trinajstić information content (AvgIpc) is 2.86. The maximum Gasteiger partial charge on any atom is 0.254 e. The largest absolute Gasteiger partial charge is 0.396 e. The summed E-state index contributed by atoms with van der Waals surface area (Å²) in [6, 6.07) is 7.91. The Kier molecular flexibility index (Phi) is 4.48. The van der Waals surface area contributed by atoms with Crippen LogP contribution < -0.4 is 0 Å². The van der Waals surface area contributed by atoms with E-state index in [1.54, 1.807) is 0 Å². The molecule has 0 bridgehead atoms. The number of aliphatic hydroxyl groups excluding tert-OH is 1. The molecule has 1 aliphatic rings. The highest BCUT2D eigenvalue weighted by atomic mass is 16.3. The maximum absolute atomic E-state index is 12.7. The molecular formula is C17H25NO2. The molecule has 0 spiro atoms. The van der Waals surface area contributed by atoms with Crippen LogP contribution in [0.15, 0.2) is 24.3 Å². The van der Waals surface area contributed by atoms with E-state index in [0.717, 1.165) is 37.1 Å². The lowest BCUT2D eigenvalue weighted by Crippen LogP contribution is -2.31. The van der Waals surface area contributed by atoms with E-state index in [0.29, 0.717) is 5.92 Å². The first kappa shape index (κ1) is 15.0. The van der Waals surface area contributed by atoms with Crippen molar-refractivity contribution >= 4 is 5.91 Å². The number of hydrogen-bond acceptors (Lipinski definition) is 2. The van der Waals surface area contributed by atoms with Crippen molar-refractivity contribution in [3.05, 3.63) is 35.4 Å². The van der Waals surface area contributed by atoms with Crippen LogP contribution in [0.4, 0.5) is 0 Å². The standard InChI is InChI=1S/C17H25NO2/c1-17(2,3)15-7-5-4-6-14(15)16(20)18-10-8-13(12-18)9-11-19/h4-7,13,19H,8-12H2,1-3H3. The third-order valence-electron chi connectivity index (χ3n) is 4.08. The highest BCUT2D eigenvalue weighted by molar-refractivity contribution is 5.96. The number of likely N-dealkylation sites (tertiary alicyclic amines) is 1.